The lowest BCUT2D eigenvalue weighted by Gasteiger charge is -2.35. The van der Waals surface area contributed by atoms with Crippen LogP contribution >= 0.6 is 0 Å². The van der Waals surface area contributed by atoms with Crippen molar-refractivity contribution in [3.63, 3.8) is 0 Å². The Morgan fingerprint density at radius 1 is 1.00 bits per heavy atom. The molecular weight excluding hydrogens is 212 g/mol. The van der Waals surface area contributed by atoms with Gasteiger partial charge in [-0.3, -0.25) is 4.79 Å². The highest BCUT2D eigenvalue weighted by molar-refractivity contribution is 6.01. The van der Waals surface area contributed by atoms with Gasteiger partial charge in [-0.05, 0) is 30.9 Å². The van der Waals surface area contributed by atoms with Crippen molar-refractivity contribution in [2.45, 2.75) is 38.3 Å². The molecule has 0 aromatic heterocycles. The fourth-order valence-corrected chi connectivity index (χ4v) is 2.93. The lowest BCUT2D eigenvalue weighted by atomic mass is 9.86. The molecule has 0 radical (unpaired) electrons. The molecule has 1 heterocycles. The van der Waals surface area contributed by atoms with Gasteiger partial charge in [0.2, 0.25) is 0 Å². The van der Waals surface area contributed by atoms with Gasteiger partial charge in [-0.25, -0.2) is 0 Å². The molecule has 0 saturated heterocycles. The van der Waals surface area contributed by atoms with Crippen LogP contribution in [0.15, 0.2) is 24.3 Å². The fourth-order valence-electron chi connectivity index (χ4n) is 2.93. The number of benzene rings is 1. The summed E-state index contributed by atoms with van der Waals surface area (Å²) in [5, 5.41) is 6.56. The first-order chi connectivity index (χ1) is 8.34. The highest BCUT2D eigenvalue weighted by atomic mass is 16.2. The molecule has 90 valence electrons. The van der Waals surface area contributed by atoms with Gasteiger partial charge < -0.3 is 10.6 Å². The van der Waals surface area contributed by atoms with Crippen LogP contribution in [0, 0.1) is 5.92 Å². The molecule has 3 nitrogen and oxygen atoms in total. The van der Waals surface area contributed by atoms with Crippen LogP contribution in [0.1, 0.15) is 42.5 Å². The smallest absolute Gasteiger partial charge is 0.254 e. The molecule has 0 bridgehead atoms. The maximum atomic E-state index is 12.0. The van der Waals surface area contributed by atoms with Crippen molar-refractivity contribution in [1.29, 1.82) is 0 Å². The molecule has 1 amide bonds. The Balaban J connectivity index is 1.80. The topological polar surface area (TPSA) is 41.1 Å². The Labute approximate surface area is 102 Å². The van der Waals surface area contributed by atoms with Crippen molar-refractivity contribution in [2.75, 3.05) is 5.32 Å². The van der Waals surface area contributed by atoms with E-state index in [9.17, 15) is 4.79 Å². The number of hydrogen-bond donors (Lipinski definition) is 2. The highest BCUT2D eigenvalue weighted by Gasteiger charge is 2.29. The van der Waals surface area contributed by atoms with Crippen molar-refractivity contribution >= 4 is 11.6 Å². The summed E-state index contributed by atoms with van der Waals surface area (Å²) in [4.78, 5) is 12.0. The second kappa shape index (κ2) is 4.40. The lowest BCUT2D eigenvalue weighted by molar-refractivity contribution is 0.0914. The fraction of sp³-hybridized carbons (Fsp3) is 0.500. The molecule has 3 rings (SSSR count). The standard InChI is InChI=1S/C14H18N2O/c17-14-11-8-4-5-9-12(11)15-13(16-14)10-6-2-1-3-7-10/h4-5,8-10,13,15H,1-3,6-7H2,(H,16,17)/t13-/m1/s1. The molecular formula is C14H18N2O. The maximum absolute atomic E-state index is 12.0. The second-order valence-corrected chi connectivity index (χ2v) is 5.04. The number of amides is 1. The molecule has 1 atom stereocenters. The Kier molecular flexibility index (Phi) is 2.75. The molecule has 0 unspecified atom stereocenters. The van der Waals surface area contributed by atoms with Crippen molar-refractivity contribution in [3.8, 4) is 0 Å². The summed E-state index contributed by atoms with van der Waals surface area (Å²) in [6.45, 7) is 0. The summed E-state index contributed by atoms with van der Waals surface area (Å²) < 4.78 is 0. The highest BCUT2D eigenvalue weighted by Crippen LogP contribution is 2.30. The minimum Gasteiger partial charge on any atom is -0.364 e. The molecule has 1 aromatic carbocycles. The predicted octanol–water partition coefficient (Wildman–Crippen LogP) is 2.75. The molecule has 1 aromatic rings. The van der Waals surface area contributed by atoms with Gasteiger partial charge in [0.15, 0.2) is 0 Å². The third-order valence-electron chi connectivity index (χ3n) is 3.89. The van der Waals surface area contributed by atoms with Gasteiger partial charge >= 0.3 is 0 Å². The molecule has 0 spiro atoms. The Morgan fingerprint density at radius 3 is 2.59 bits per heavy atom. The number of carbonyl (C=O) groups excluding carboxylic acids is 1. The van der Waals surface area contributed by atoms with E-state index >= 15 is 0 Å². The molecule has 1 fully saturated rings. The van der Waals surface area contributed by atoms with Crippen molar-refractivity contribution in [1.82, 2.24) is 5.32 Å². The van der Waals surface area contributed by atoms with E-state index in [0.717, 1.165) is 11.3 Å². The first-order valence-corrected chi connectivity index (χ1v) is 6.51. The van der Waals surface area contributed by atoms with Gasteiger partial charge in [0.25, 0.3) is 5.91 Å². The van der Waals surface area contributed by atoms with Crippen LogP contribution in [0.2, 0.25) is 0 Å². The first-order valence-electron chi connectivity index (χ1n) is 6.51. The molecule has 2 aliphatic rings. The van der Waals surface area contributed by atoms with Crippen LogP contribution in [-0.2, 0) is 0 Å². The largest absolute Gasteiger partial charge is 0.364 e. The molecule has 17 heavy (non-hydrogen) atoms. The van der Waals surface area contributed by atoms with E-state index in [0.29, 0.717) is 5.92 Å². The number of hydrogen-bond acceptors (Lipinski definition) is 2. The minimum atomic E-state index is 0.0647. The summed E-state index contributed by atoms with van der Waals surface area (Å²) in [5.41, 5.74) is 1.74. The summed E-state index contributed by atoms with van der Waals surface area (Å²) in [6.07, 6.45) is 6.49. The summed E-state index contributed by atoms with van der Waals surface area (Å²) in [6, 6.07) is 7.74. The van der Waals surface area contributed by atoms with Gasteiger partial charge in [0.1, 0.15) is 6.17 Å². The first kappa shape index (κ1) is 10.6. The van der Waals surface area contributed by atoms with Crippen molar-refractivity contribution in [3.05, 3.63) is 29.8 Å². The number of anilines is 1. The average Bonchev–Trinajstić information content (AvgIpc) is 2.40. The minimum absolute atomic E-state index is 0.0647. The molecule has 3 heteroatoms. The zero-order valence-corrected chi connectivity index (χ0v) is 9.91. The van der Waals surface area contributed by atoms with Gasteiger partial charge in [0, 0.05) is 5.69 Å². The van der Waals surface area contributed by atoms with Gasteiger partial charge in [-0.15, -0.1) is 0 Å². The van der Waals surface area contributed by atoms with E-state index in [4.69, 9.17) is 0 Å². The zero-order valence-electron chi connectivity index (χ0n) is 9.91. The molecule has 1 aliphatic heterocycles. The number of nitrogens with one attached hydrogen (secondary N) is 2. The Morgan fingerprint density at radius 2 is 1.76 bits per heavy atom. The van der Waals surface area contributed by atoms with Crippen molar-refractivity contribution in [2.24, 2.45) is 5.92 Å². The van der Waals surface area contributed by atoms with E-state index in [1.807, 2.05) is 24.3 Å². The third kappa shape index (κ3) is 2.02. The quantitative estimate of drug-likeness (QED) is 0.779. The normalized spacial score (nSPS) is 24.7. The zero-order chi connectivity index (χ0) is 11.7. The number of fused-ring (bicyclic) bond motifs is 1. The molecule has 1 saturated carbocycles. The molecule has 2 N–H and O–H groups in total. The van der Waals surface area contributed by atoms with Crippen LogP contribution in [0.25, 0.3) is 0 Å². The summed E-state index contributed by atoms with van der Waals surface area (Å²) in [7, 11) is 0. The average molecular weight is 230 g/mol. The van der Waals surface area contributed by atoms with Gasteiger partial charge in [0.05, 0.1) is 5.56 Å². The van der Waals surface area contributed by atoms with E-state index in [1.165, 1.54) is 32.1 Å². The van der Waals surface area contributed by atoms with Crippen LogP contribution in [0.3, 0.4) is 0 Å². The van der Waals surface area contributed by atoms with Crippen LogP contribution in [-0.4, -0.2) is 12.1 Å². The number of carbonyl (C=O) groups is 1. The summed E-state index contributed by atoms with van der Waals surface area (Å²) in [5.74, 6) is 0.649. The second-order valence-electron chi connectivity index (χ2n) is 5.04. The van der Waals surface area contributed by atoms with E-state index < -0.39 is 0 Å². The summed E-state index contributed by atoms with van der Waals surface area (Å²) >= 11 is 0. The monoisotopic (exact) mass is 230 g/mol. The Hall–Kier alpha value is -1.51. The maximum Gasteiger partial charge on any atom is 0.254 e. The van der Waals surface area contributed by atoms with E-state index in [2.05, 4.69) is 10.6 Å². The van der Waals surface area contributed by atoms with E-state index in [-0.39, 0.29) is 12.1 Å². The van der Waals surface area contributed by atoms with Gasteiger partial charge in [-0.2, -0.15) is 0 Å². The van der Waals surface area contributed by atoms with Crippen LogP contribution in [0.5, 0.6) is 0 Å². The lowest BCUT2D eigenvalue weighted by Crippen LogP contribution is -2.49. The molecule has 1 aliphatic carbocycles. The third-order valence-corrected chi connectivity index (χ3v) is 3.89. The number of rotatable bonds is 1. The van der Waals surface area contributed by atoms with Crippen LogP contribution < -0.4 is 10.6 Å². The number of para-hydroxylation sites is 1. The van der Waals surface area contributed by atoms with Gasteiger partial charge in [-0.1, -0.05) is 31.4 Å². The Bertz CT molecular complexity index is 424. The predicted molar refractivity (Wildman–Crippen MR) is 67.9 cm³/mol. The van der Waals surface area contributed by atoms with Crippen LogP contribution in [0.4, 0.5) is 5.69 Å². The SMILES string of the molecule is O=C1N[C@H](C2CCCCC2)Nc2ccccc21. The van der Waals surface area contributed by atoms with E-state index in [1.54, 1.807) is 0 Å². The van der Waals surface area contributed by atoms with Crippen molar-refractivity contribution < 1.29 is 4.79 Å².